The molecule has 0 bridgehead atoms. The van der Waals surface area contributed by atoms with Crippen LogP contribution in [0.15, 0.2) is 48.5 Å². The third-order valence-electron chi connectivity index (χ3n) is 3.09. The number of esters is 1. The molecule has 0 aromatic heterocycles. The van der Waals surface area contributed by atoms with Gasteiger partial charge in [0.05, 0.1) is 5.56 Å². The molecule has 0 saturated carbocycles. The second kappa shape index (κ2) is 5.59. The van der Waals surface area contributed by atoms with Gasteiger partial charge in [0.1, 0.15) is 0 Å². The van der Waals surface area contributed by atoms with Crippen LogP contribution in [-0.4, -0.2) is 12.8 Å². The van der Waals surface area contributed by atoms with Gasteiger partial charge in [-0.15, -0.1) is 6.42 Å². The van der Waals surface area contributed by atoms with Crippen LogP contribution in [-0.2, 0) is 4.74 Å². The number of fused-ring (bicyclic) bond motifs is 1. The monoisotopic (exact) mass is 280 g/mol. The summed E-state index contributed by atoms with van der Waals surface area (Å²) in [6.07, 6.45) is 4.71. The third-order valence-corrected chi connectivity index (χ3v) is 3.09. The zero-order chi connectivity index (χ0) is 14.7. The number of carbonyl (C=O) groups excluding carboxylic acids is 1. The van der Waals surface area contributed by atoms with Gasteiger partial charge in [0.2, 0.25) is 6.79 Å². The molecular formula is C17H12O4. The Labute approximate surface area is 122 Å². The van der Waals surface area contributed by atoms with E-state index in [1.165, 1.54) is 0 Å². The van der Waals surface area contributed by atoms with Crippen molar-refractivity contribution in [3.8, 4) is 23.8 Å². The van der Waals surface area contributed by atoms with E-state index in [1.54, 1.807) is 42.5 Å². The van der Waals surface area contributed by atoms with Crippen LogP contribution < -0.4 is 9.47 Å². The molecule has 21 heavy (non-hydrogen) atoms. The molecule has 0 saturated heterocycles. The van der Waals surface area contributed by atoms with Crippen LogP contribution in [0, 0.1) is 12.3 Å². The molecule has 0 aliphatic carbocycles. The summed E-state index contributed by atoms with van der Waals surface area (Å²) < 4.78 is 15.9. The highest BCUT2D eigenvalue weighted by Crippen LogP contribution is 2.34. The standard InChI is InChI=1S/C17H12O4/c1-2-14(21-17(18)12-6-4-3-5-7-12)13-8-9-15-16(10-13)20-11-19-15/h1,3-10,14H,11H2. The van der Waals surface area contributed by atoms with E-state index in [0.717, 1.165) is 0 Å². The fourth-order valence-electron chi connectivity index (χ4n) is 2.02. The topological polar surface area (TPSA) is 44.8 Å². The van der Waals surface area contributed by atoms with Crippen LogP contribution in [0.1, 0.15) is 22.0 Å². The van der Waals surface area contributed by atoms with Crippen molar-refractivity contribution in [1.29, 1.82) is 0 Å². The van der Waals surface area contributed by atoms with E-state index in [9.17, 15) is 4.79 Å². The summed E-state index contributed by atoms with van der Waals surface area (Å²) >= 11 is 0. The highest BCUT2D eigenvalue weighted by molar-refractivity contribution is 5.89. The van der Waals surface area contributed by atoms with Crippen molar-refractivity contribution in [2.24, 2.45) is 0 Å². The van der Waals surface area contributed by atoms with Crippen LogP contribution in [0.5, 0.6) is 11.5 Å². The van der Waals surface area contributed by atoms with E-state index in [1.807, 2.05) is 6.07 Å². The first-order chi connectivity index (χ1) is 10.3. The lowest BCUT2D eigenvalue weighted by Gasteiger charge is -2.13. The summed E-state index contributed by atoms with van der Waals surface area (Å²) in [5, 5.41) is 0. The zero-order valence-corrected chi connectivity index (χ0v) is 11.1. The number of hydrogen-bond acceptors (Lipinski definition) is 4. The molecule has 1 heterocycles. The lowest BCUT2D eigenvalue weighted by atomic mass is 10.1. The zero-order valence-electron chi connectivity index (χ0n) is 11.1. The molecule has 1 unspecified atom stereocenters. The first kappa shape index (κ1) is 13.1. The largest absolute Gasteiger partial charge is 0.454 e. The maximum absolute atomic E-state index is 12.0. The van der Waals surface area contributed by atoms with Gasteiger partial charge in [-0.25, -0.2) is 4.79 Å². The van der Waals surface area contributed by atoms with Crippen LogP contribution in [0.2, 0.25) is 0 Å². The van der Waals surface area contributed by atoms with Crippen molar-refractivity contribution in [3.63, 3.8) is 0 Å². The van der Waals surface area contributed by atoms with Crippen molar-refractivity contribution in [1.82, 2.24) is 0 Å². The van der Waals surface area contributed by atoms with Crippen molar-refractivity contribution in [2.45, 2.75) is 6.10 Å². The van der Waals surface area contributed by atoms with Crippen LogP contribution in [0.3, 0.4) is 0 Å². The van der Waals surface area contributed by atoms with E-state index < -0.39 is 12.1 Å². The maximum Gasteiger partial charge on any atom is 0.339 e. The van der Waals surface area contributed by atoms with Crippen LogP contribution in [0.25, 0.3) is 0 Å². The van der Waals surface area contributed by atoms with Crippen molar-refractivity contribution < 1.29 is 19.0 Å². The molecule has 3 rings (SSSR count). The molecule has 0 N–H and O–H groups in total. The molecule has 0 fully saturated rings. The summed E-state index contributed by atoms with van der Waals surface area (Å²) in [7, 11) is 0. The summed E-state index contributed by atoms with van der Waals surface area (Å²) in [6.45, 7) is 0.184. The Balaban J connectivity index is 1.80. The van der Waals surface area contributed by atoms with Gasteiger partial charge in [0.25, 0.3) is 0 Å². The van der Waals surface area contributed by atoms with Gasteiger partial charge < -0.3 is 14.2 Å². The van der Waals surface area contributed by atoms with Crippen molar-refractivity contribution >= 4 is 5.97 Å². The first-order valence-electron chi connectivity index (χ1n) is 6.39. The van der Waals surface area contributed by atoms with E-state index in [2.05, 4.69) is 5.92 Å². The minimum absolute atomic E-state index is 0.184. The van der Waals surface area contributed by atoms with Gasteiger partial charge in [-0.3, -0.25) is 0 Å². The third kappa shape index (κ3) is 2.67. The number of ether oxygens (including phenoxy) is 3. The van der Waals surface area contributed by atoms with Gasteiger partial charge in [-0.1, -0.05) is 30.2 Å². The first-order valence-corrected chi connectivity index (χ1v) is 6.39. The summed E-state index contributed by atoms with van der Waals surface area (Å²) in [4.78, 5) is 12.0. The Morgan fingerprint density at radius 3 is 2.67 bits per heavy atom. The molecule has 1 aliphatic rings. The molecule has 4 heteroatoms. The predicted molar refractivity (Wildman–Crippen MR) is 76.0 cm³/mol. The fourth-order valence-corrected chi connectivity index (χ4v) is 2.02. The average molecular weight is 280 g/mol. The molecule has 2 aromatic rings. The van der Waals surface area contributed by atoms with E-state index in [4.69, 9.17) is 20.6 Å². The van der Waals surface area contributed by atoms with Crippen LogP contribution >= 0.6 is 0 Å². The van der Waals surface area contributed by atoms with Crippen LogP contribution in [0.4, 0.5) is 0 Å². The lowest BCUT2D eigenvalue weighted by Crippen LogP contribution is -2.10. The molecule has 0 amide bonds. The molecule has 4 nitrogen and oxygen atoms in total. The van der Waals surface area contributed by atoms with E-state index in [0.29, 0.717) is 22.6 Å². The minimum Gasteiger partial charge on any atom is -0.454 e. The number of hydrogen-bond donors (Lipinski definition) is 0. The molecule has 104 valence electrons. The molecule has 0 radical (unpaired) electrons. The summed E-state index contributed by atoms with van der Waals surface area (Å²) in [5.74, 6) is 3.27. The highest BCUT2D eigenvalue weighted by Gasteiger charge is 2.20. The predicted octanol–water partition coefficient (Wildman–Crippen LogP) is 2.95. The van der Waals surface area contributed by atoms with Gasteiger partial charge in [0.15, 0.2) is 17.6 Å². The Morgan fingerprint density at radius 1 is 1.14 bits per heavy atom. The van der Waals surface area contributed by atoms with Gasteiger partial charge in [-0.05, 0) is 24.3 Å². The average Bonchev–Trinajstić information content (AvgIpc) is 3.00. The van der Waals surface area contributed by atoms with Gasteiger partial charge in [-0.2, -0.15) is 0 Å². The number of rotatable bonds is 3. The number of terminal acetylenes is 1. The smallest absolute Gasteiger partial charge is 0.339 e. The summed E-state index contributed by atoms with van der Waals surface area (Å²) in [5.41, 5.74) is 1.13. The number of carbonyl (C=O) groups is 1. The van der Waals surface area contributed by atoms with Gasteiger partial charge in [0, 0.05) is 5.56 Å². The summed E-state index contributed by atoms with van der Waals surface area (Å²) in [6, 6.07) is 13.9. The molecule has 1 aliphatic heterocycles. The molecule has 1 atom stereocenters. The number of benzene rings is 2. The normalized spacial score (nSPS) is 13.3. The molecule has 2 aromatic carbocycles. The van der Waals surface area contributed by atoms with E-state index in [-0.39, 0.29) is 6.79 Å². The Morgan fingerprint density at radius 2 is 1.90 bits per heavy atom. The quantitative estimate of drug-likeness (QED) is 0.640. The highest BCUT2D eigenvalue weighted by atomic mass is 16.7. The second-order valence-corrected chi connectivity index (χ2v) is 4.43. The van der Waals surface area contributed by atoms with Crippen molar-refractivity contribution in [3.05, 3.63) is 59.7 Å². The fraction of sp³-hybridized carbons (Fsp3) is 0.118. The SMILES string of the molecule is C#CC(OC(=O)c1ccccc1)c1ccc2c(c1)OCO2. The maximum atomic E-state index is 12.0. The molecule has 0 spiro atoms. The van der Waals surface area contributed by atoms with Crippen molar-refractivity contribution in [2.75, 3.05) is 6.79 Å². The Hall–Kier alpha value is -2.93. The second-order valence-electron chi connectivity index (χ2n) is 4.43. The Kier molecular flexibility index (Phi) is 3.48. The molecular weight excluding hydrogens is 268 g/mol. The lowest BCUT2D eigenvalue weighted by molar-refractivity contribution is 0.0407. The Bertz CT molecular complexity index is 700. The van der Waals surface area contributed by atoms with Gasteiger partial charge >= 0.3 is 5.97 Å². The minimum atomic E-state index is -0.771. The van der Waals surface area contributed by atoms with E-state index >= 15 is 0 Å².